The first-order valence-electron chi connectivity index (χ1n) is 10.1. The maximum absolute atomic E-state index is 13.1. The summed E-state index contributed by atoms with van der Waals surface area (Å²) in [6, 6.07) is 16.9. The van der Waals surface area contributed by atoms with Crippen molar-refractivity contribution >= 4 is 11.6 Å². The number of nitrogens with one attached hydrogen (secondary N) is 2. The molecule has 0 unspecified atom stereocenters. The molecule has 0 fully saturated rings. The second kappa shape index (κ2) is 9.40. The predicted molar refractivity (Wildman–Crippen MR) is 121 cm³/mol. The van der Waals surface area contributed by atoms with E-state index in [-0.39, 0.29) is 5.91 Å². The first-order valence-corrected chi connectivity index (χ1v) is 10.1. The fourth-order valence-corrected chi connectivity index (χ4v) is 3.33. The van der Waals surface area contributed by atoms with Gasteiger partial charge in [0.05, 0.1) is 18.5 Å². The molecule has 0 saturated heterocycles. The molecule has 3 heterocycles. The third-order valence-electron chi connectivity index (χ3n) is 4.92. The van der Waals surface area contributed by atoms with Crippen molar-refractivity contribution in [2.24, 2.45) is 0 Å². The number of ether oxygens (including phenoxy) is 1. The minimum Gasteiger partial charge on any atom is -0.479 e. The number of aromatic nitrogens is 3. The molecule has 1 amide bonds. The first-order chi connectivity index (χ1) is 15.6. The van der Waals surface area contributed by atoms with Crippen molar-refractivity contribution in [3.05, 3.63) is 77.8 Å². The number of aryl methyl sites for hydroxylation is 1. The van der Waals surface area contributed by atoms with Crippen LogP contribution >= 0.6 is 0 Å². The highest BCUT2D eigenvalue weighted by molar-refractivity contribution is 6.09. The summed E-state index contributed by atoms with van der Waals surface area (Å²) in [4.78, 5) is 22.1. The van der Waals surface area contributed by atoms with E-state index in [0.29, 0.717) is 40.8 Å². The molecule has 8 heteroatoms. The average Bonchev–Trinajstić information content (AvgIpc) is 3.22. The molecule has 0 atom stereocenters. The number of amides is 1. The Morgan fingerprint density at radius 2 is 1.88 bits per heavy atom. The molecule has 8 nitrogen and oxygen atoms in total. The maximum atomic E-state index is 13.1. The molecule has 32 heavy (non-hydrogen) atoms. The van der Waals surface area contributed by atoms with Gasteiger partial charge in [0.2, 0.25) is 5.88 Å². The van der Waals surface area contributed by atoms with Crippen LogP contribution in [0.25, 0.3) is 22.5 Å². The number of benzene rings is 1. The number of anilines is 1. The zero-order valence-electron chi connectivity index (χ0n) is 18.0. The minimum atomic E-state index is -0.353. The quantitative estimate of drug-likeness (QED) is 0.456. The minimum absolute atomic E-state index is 0.297. The maximum Gasteiger partial charge on any atom is 0.261 e. The molecule has 0 aliphatic carbocycles. The molecule has 4 aromatic rings. The van der Waals surface area contributed by atoms with Crippen molar-refractivity contribution in [2.45, 2.75) is 13.5 Å². The lowest BCUT2D eigenvalue weighted by atomic mass is 10.1. The molecule has 0 radical (unpaired) electrons. The van der Waals surface area contributed by atoms with Crippen LogP contribution in [0.4, 0.5) is 5.69 Å². The number of carbonyl (C=O) groups is 1. The van der Waals surface area contributed by atoms with Crippen LogP contribution < -0.4 is 15.4 Å². The third kappa shape index (κ3) is 4.35. The van der Waals surface area contributed by atoms with Gasteiger partial charge in [-0.25, -0.2) is 4.98 Å². The topological polar surface area (TPSA) is 102 Å². The lowest BCUT2D eigenvalue weighted by Crippen LogP contribution is -2.14. The second-order valence-electron chi connectivity index (χ2n) is 7.10. The number of pyridine rings is 2. The molecule has 162 valence electrons. The number of hydrogen-bond acceptors (Lipinski definition) is 7. The zero-order valence-corrected chi connectivity index (χ0v) is 18.0. The molecular formula is C24H23N5O3. The van der Waals surface area contributed by atoms with E-state index < -0.39 is 0 Å². The van der Waals surface area contributed by atoms with Gasteiger partial charge in [0.25, 0.3) is 5.91 Å². The smallest absolute Gasteiger partial charge is 0.261 e. The Bertz CT molecular complexity index is 1220. The Kier molecular flexibility index (Phi) is 6.23. The first kappa shape index (κ1) is 21.2. The van der Waals surface area contributed by atoms with Crippen molar-refractivity contribution in [2.75, 3.05) is 19.5 Å². The number of rotatable bonds is 7. The largest absolute Gasteiger partial charge is 0.479 e. The van der Waals surface area contributed by atoms with Crippen molar-refractivity contribution in [3.63, 3.8) is 0 Å². The summed E-state index contributed by atoms with van der Waals surface area (Å²) in [6.07, 6.45) is 1.76. The van der Waals surface area contributed by atoms with Gasteiger partial charge >= 0.3 is 0 Å². The van der Waals surface area contributed by atoms with E-state index in [1.54, 1.807) is 19.2 Å². The molecule has 0 aliphatic heterocycles. The van der Waals surface area contributed by atoms with Gasteiger partial charge in [-0.3, -0.25) is 9.78 Å². The Morgan fingerprint density at radius 1 is 1.06 bits per heavy atom. The molecule has 2 N–H and O–H groups in total. The van der Waals surface area contributed by atoms with E-state index in [2.05, 4.69) is 25.8 Å². The fraction of sp³-hybridized carbons (Fsp3) is 0.167. The van der Waals surface area contributed by atoms with Crippen molar-refractivity contribution in [3.8, 4) is 28.4 Å². The van der Waals surface area contributed by atoms with Gasteiger partial charge in [-0.2, -0.15) is 0 Å². The van der Waals surface area contributed by atoms with E-state index >= 15 is 0 Å². The monoisotopic (exact) mass is 429 g/mol. The lowest BCUT2D eigenvalue weighted by molar-refractivity contribution is 0.102. The van der Waals surface area contributed by atoms with E-state index in [1.165, 1.54) is 7.11 Å². The Labute approximate surface area is 185 Å². The standard InChI is InChI=1S/C24H23N5O3/c1-15-21(22(29-32-15)16-7-5-4-6-8-16)23(30)27-20-12-11-19(28-24(20)31-3)17-9-10-18(14-25-2)26-13-17/h4-13,25H,14H2,1-3H3,(H,27,30). The van der Waals surface area contributed by atoms with Crippen molar-refractivity contribution in [1.29, 1.82) is 0 Å². The molecule has 0 aliphatic rings. The Hall–Kier alpha value is -4.04. The van der Waals surface area contributed by atoms with Crippen LogP contribution in [0.15, 0.2) is 65.3 Å². The van der Waals surface area contributed by atoms with Crippen LogP contribution in [0.5, 0.6) is 5.88 Å². The molecule has 0 saturated carbocycles. The van der Waals surface area contributed by atoms with Crippen LogP contribution in [0.3, 0.4) is 0 Å². The molecule has 0 bridgehead atoms. The number of methoxy groups -OCH3 is 1. The third-order valence-corrected chi connectivity index (χ3v) is 4.92. The normalized spacial score (nSPS) is 10.7. The molecular weight excluding hydrogens is 406 g/mol. The van der Waals surface area contributed by atoms with Gasteiger partial charge < -0.3 is 19.9 Å². The summed E-state index contributed by atoms with van der Waals surface area (Å²) in [5, 5.41) is 10.0. The van der Waals surface area contributed by atoms with Gasteiger partial charge in [0, 0.05) is 23.9 Å². The zero-order chi connectivity index (χ0) is 22.5. The predicted octanol–water partition coefficient (Wildman–Crippen LogP) is 4.09. The van der Waals surface area contributed by atoms with Crippen LogP contribution in [0.2, 0.25) is 0 Å². The summed E-state index contributed by atoms with van der Waals surface area (Å²) in [5.41, 5.74) is 4.57. The van der Waals surface area contributed by atoms with Gasteiger partial charge in [0.1, 0.15) is 22.7 Å². The molecule has 4 rings (SSSR count). The van der Waals surface area contributed by atoms with Gasteiger partial charge in [-0.05, 0) is 38.2 Å². The summed E-state index contributed by atoms with van der Waals surface area (Å²) < 4.78 is 10.7. The van der Waals surface area contributed by atoms with Crippen LogP contribution in [0, 0.1) is 6.92 Å². The number of carbonyl (C=O) groups excluding carboxylic acids is 1. The molecule has 3 aromatic heterocycles. The average molecular weight is 429 g/mol. The number of hydrogen-bond donors (Lipinski definition) is 2. The highest BCUT2D eigenvalue weighted by Gasteiger charge is 2.23. The second-order valence-corrected chi connectivity index (χ2v) is 7.10. The van der Waals surface area contributed by atoms with Gasteiger partial charge in [0.15, 0.2) is 0 Å². The molecule has 1 aromatic carbocycles. The Morgan fingerprint density at radius 3 is 2.56 bits per heavy atom. The Balaban J connectivity index is 1.60. The van der Waals surface area contributed by atoms with E-state index in [0.717, 1.165) is 16.8 Å². The van der Waals surface area contributed by atoms with E-state index in [9.17, 15) is 4.79 Å². The van der Waals surface area contributed by atoms with E-state index in [4.69, 9.17) is 9.26 Å². The van der Waals surface area contributed by atoms with Crippen LogP contribution in [0.1, 0.15) is 21.8 Å². The summed E-state index contributed by atoms with van der Waals surface area (Å²) in [5.74, 6) is 0.372. The fourth-order valence-electron chi connectivity index (χ4n) is 3.33. The van der Waals surface area contributed by atoms with Crippen LogP contribution in [-0.2, 0) is 6.54 Å². The van der Waals surface area contributed by atoms with E-state index in [1.807, 2.05) is 55.6 Å². The SMILES string of the molecule is CNCc1ccc(-c2ccc(NC(=O)c3c(-c4ccccc4)noc3C)c(OC)n2)cn1. The number of nitrogens with zero attached hydrogens (tertiary/aromatic N) is 3. The summed E-state index contributed by atoms with van der Waals surface area (Å²) >= 11 is 0. The van der Waals surface area contributed by atoms with Crippen LogP contribution in [-0.4, -0.2) is 35.2 Å². The molecule has 0 spiro atoms. The van der Waals surface area contributed by atoms with Gasteiger partial charge in [-0.1, -0.05) is 35.5 Å². The highest BCUT2D eigenvalue weighted by Crippen LogP contribution is 2.30. The summed E-state index contributed by atoms with van der Waals surface area (Å²) in [7, 11) is 3.38. The lowest BCUT2D eigenvalue weighted by Gasteiger charge is -2.11. The summed E-state index contributed by atoms with van der Waals surface area (Å²) in [6.45, 7) is 2.40. The highest BCUT2D eigenvalue weighted by atomic mass is 16.5. The van der Waals surface area contributed by atoms with Crippen molar-refractivity contribution in [1.82, 2.24) is 20.4 Å². The van der Waals surface area contributed by atoms with Gasteiger partial charge in [-0.15, -0.1) is 0 Å². The van der Waals surface area contributed by atoms with Crippen molar-refractivity contribution < 1.29 is 14.1 Å².